The minimum absolute atomic E-state index is 0.0377. The number of nitrogens with one attached hydrogen (secondary N) is 1. The molecule has 3 rings (SSSR count). The molecule has 0 radical (unpaired) electrons. The molecule has 154 valence electrons. The summed E-state index contributed by atoms with van der Waals surface area (Å²) in [6.07, 6.45) is 0. The van der Waals surface area contributed by atoms with Crippen LogP contribution in [0.3, 0.4) is 0 Å². The molecular formula is C19H21N3O6S. The molecule has 0 atom stereocenters. The third-order valence-electron chi connectivity index (χ3n) is 4.65. The van der Waals surface area contributed by atoms with Gasteiger partial charge in [-0.3, -0.25) is 19.1 Å². The van der Waals surface area contributed by atoms with Crippen LogP contribution >= 0.6 is 0 Å². The molecule has 2 N–H and O–H groups in total. The van der Waals surface area contributed by atoms with Gasteiger partial charge in [-0.25, -0.2) is 13.9 Å². The molecule has 2 aromatic carbocycles. The molecule has 1 fully saturated rings. The van der Waals surface area contributed by atoms with Crippen LogP contribution in [-0.4, -0.2) is 63.7 Å². The van der Waals surface area contributed by atoms with Gasteiger partial charge < -0.3 is 9.64 Å². The highest BCUT2D eigenvalue weighted by atomic mass is 32.2. The molecule has 1 aliphatic heterocycles. The quantitative estimate of drug-likeness (QED) is 0.554. The molecule has 10 heteroatoms. The molecule has 0 aliphatic carbocycles. The van der Waals surface area contributed by atoms with E-state index in [1.54, 1.807) is 4.90 Å². The first-order valence-electron chi connectivity index (χ1n) is 8.85. The van der Waals surface area contributed by atoms with E-state index < -0.39 is 15.9 Å². The Hall–Kier alpha value is -2.95. The molecule has 2 aromatic rings. The van der Waals surface area contributed by atoms with Gasteiger partial charge >= 0.3 is 0 Å². The van der Waals surface area contributed by atoms with Crippen LogP contribution in [0, 0.1) is 0 Å². The predicted molar refractivity (Wildman–Crippen MR) is 104 cm³/mol. The maximum Gasteiger partial charge on any atom is 0.274 e. The Balaban J connectivity index is 1.78. The third kappa shape index (κ3) is 4.39. The number of anilines is 1. The summed E-state index contributed by atoms with van der Waals surface area (Å²) in [5.41, 5.74) is 2.45. The molecular weight excluding hydrogens is 398 g/mol. The molecule has 0 spiro atoms. The number of hydrogen-bond donors (Lipinski definition) is 2. The van der Waals surface area contributed by atoms with E-state index in [2.05, 4.69) is 0 Å². The Morgan fingerprint density at radius 1 is 1.00 bits per heavy atom. The van der Waals surface area contributed by atoms with Gasteiger partial charge in [0.2, 0.25) is 0 Å². The number of hydroxylamine groups is 1. The molecule has 1 saturated heterocycles. The molecule has 0 unspecified atom stereocenters. The average molecular weight is 419 g/mol. The first kappa shape index (κ1) is 20.8. The summed E-state index contributed by atoms with van der Waals surface area (Å²) in [6.45, 7) is 1.99. The Morgan fingerprint density at radius 3 is 2.10 bits per heavy atom. The second kappa shape index (κ2) is 8.60. The summed E-state index contributed by atoms with van der Waals surface area (Å²) in [7, 11) is -2.47. The lowest BCUT2D eigenvalue weighted by Crippen LogP contribution is -2.40. The fourth-order valence-corrected chi connectivity index (χ4v) is 4.10. The SMILES string of the molecule is CN(c1ccc(C(=O)NO)cc1)S(=O)(=O)c1ccc(C(=O)N2CCOCC2)cc1. The summed E-state index contributed by atoms with van der Waals surface area (Å²) >= 11 is 0. The highest BCUT2D eigenvalue weighted by Crippen LogP contribution is 2.23. The van der Waals surface area contributed by atoms with E-state index in [1.807, 2.05) is 0 Å². The van der Waals surface area contributed by atoms with Crippen LogP contribution in [0.15, 0.2) is 53.4 Å². The lowest BCUT2D eigenvalue weighted by molar-refractivity contribution is 0.0303. The van der Waals surface area contributed by atoms with Gasteiger partial charge in [0.15, 0.2) is 0 Å². The first-order valence-corrected chi connectivity index (χ1v) is 10.3. The van der Waals surface area contributed by atoms with E-state index in [0.29, 0.717) is 37.6 Å². The largest absolute Gasteiger partial charge is 0.378 e. The van der Waals surface area contributed by atoms with Crippen molar-refractivity contribution in [1.82, 2.24) is 10.4 Å². The number of hydrogen-bond acceptors (Lipinski definition) is 6. The molecule has 0 bridgehead atoms. The number of rotatable bonds is 5. The lowest BCUT2D eigenvalue weighted by Gasteiger charge is -2.27. The van der Waals surface area contributed by atoms with E-state index in [4.69, 9.17) is 9.94 Å². The number of carbonyl (C=O) groups excluding carboxylic acids is 2. The summed E-state index contributed by atoms with van der Waals surface area (Å²) in [5.74, 6) is -0.856. The van der Waals surface area contributed by atoms with E-state index in [0.717, 1.165) is 4.31 Å². The van der Waals surface area contributed by atoms with Gasteiger partial charge in [0.1, 0.15) is 0 Å². The summed E-state index contributed by atoms with van der Waals surface area (Å²) in [6, 6.07) is 11.5. The molecule has 1 heterocycles. The number of carbonyl (C=O) groups is 2. The van der Waals surface area contributed by atoms with Gasteiger partial charge in [-0.2, -0.15) is 0 Å². The zero-order chi connectivity index (χ0) is 21.0. The van der Waals surface area contributed by atoms with E-state index in [1.165, 1.54) is 61.1 Å². The third-order valence-corrected chi connectivity index (χ3v) is 6.45. The van der Waals surface area contributed by atoms with Crippen LogP contribution in [0.5, 0.6) is 0 Å². The maximum atomic E-state index is 12.9. The number of sulfonamides is 1. The Morgan fingerprint density at radius 2 is 1.55 bits per heavy atom. The monoisotopic (exact) mass is 419 g/mol. The number of amides is 2. The van der Waals surface area contributed by atoms with Gasteiger partial charge in [0.25, 0.3) is 21.8 Å². The van der Waals surface area contributed by atoms with Crippen LogP contribution < -0.4 is 9.79 Å². The fourth-order valence-electron chi connectivity index (χ4n) is 2.90. The normalized spacial score (nSPS) is 14.3. The van der Waals surface area contributed by atoms with Crippen molar-refractivity contribution >= 4 is 27.5 Å². The average Bonchev–Trinajstić information content (AvgIpc) is 2.78. The highest BCUT2D eigenvalue weighted by Gasteiger charge is 2.23. The fraction of sp³-hybridized carbons (Fsp3) is 0.263. The topological polar surface area (TPSA) is 116 Å². The predicted octanol–water partition coefficient (Wildman–Crippen LogP) is 1.10. The Kier molecular flexibility index (Phi) is 6.16. The van der Waals surface area contributed by atoms with Crippen molar-refractivity contribution in [3.05, 3.63) is 59.7 Å². The first-order chi connectivity index (χ1) is 13.8. The summed E-state index contributed by atoms with van der Waals surface area (Å²) in [5, 5.41) is 8.65. The van der Waals surface area contributed by atoms with Gasteiger partial charge in [0.05, 0.1) is 23.8 Å². The zero-order valence-corrected chi connectivity index (χ0v) is 16.6. The number of benzene rings is 2. The summed E-state index contributed by atoms with van der Waals surface area (Å²) in [4.78, 5) is 25.6. The molecule has 1 aliphatic rings. The molecule has 0 saturated carbocycles. The van der Waals surface area contributed by atoms with Crippen LogP contribution in [0.4, 0.5) is 5.69 Å². The van der Waals surface area contributed by atoms with Gasteiger partial charge in [-0.15, -0.1) is 0 Å². The van der Waals surface area contributed by atoms with Crippen molar-refractivity contribution in [2.24, 2.45) is 0 Å². The van der Waals surface area contributed by atoms with Gasteiger partial charge in [0, 0.05) is 31.3 Å². The highest BCUT2D eigenvalue weighted by molar-refractivity contribution is 7.92. The van der Waals surface area contributed by atoms with Crippen LogP contribution in [-0.2, 0) is 14.8 Å². The molecule has 9 nitrogen and oxygen atoms in total. The van der Waals surface area contributed by atoms with Crippen molar-refractivity contribution in [3.63, 3.8) is 0 Å². The molecule has 29 heavy (non-hydrogen) atoms. The van der Waals surface area contributed by atoms with Crippen molar-refractivity contribution in [1.29, 1.82) is 0 Å². The van der Waals surface area contributed by atoms with E-state index in [9.17, 15) is 18.0 Å². The minimum Gasteiger partial charge on any atom is -0.378 e. The number of ether oxygens (including phenoxy) is 1. The van der Waals surface area contributed by atoms with E-state index in [-0.39, 0.29) is 16.4 Å². The zero-order valence-electron chi connectivity index (χ0n) is 15.7. The molecule has 0 aromatic heterocycles. The van der Waals surface area contributed by atoms with Gasteiger partial charge in [-0.1, -0.05) is 0 Å². The molecule has 2 amide bonds. The van der Waals surface area contributed by atoms with Gasteiger partial charge in [-0.05, 0) is 48.5 Å². The standard InChI is InChI=1S/C19H21N3O6S/c1-21(16-6-2-14(3-7-16)18(23)20-25)29(26,27)17-8-4-15(5-9-17)19(24)22-10-12-28-13-11-22/h2-9,25H,10-13H2,1H3,(H,20,23). The van der Waals surface area contributed by atoms with Crippen molar-refractivity contribution in [2.75, 3.05) is 37.7 Å². The van der Waals surface area contributed by atoms with E-state index >= 15 is 0 Å². The van der Waals surface area contributed by atoms with Crippen molar-refractivity contribution in [2.45, 2.75) is 4.90 Å². The van der Waals surface area contributed by atoms with Crippen LogP contribution in [0.25, 0.3) is 0 Å². The van der Waals surface area contributed by atoms with Crippen molar-refractivity contribution in [3.8, 4) is 0 Å². The summed E-state index contributed by atoms with van der Waals surface area (Å²) < 4.78 is 32.1. The second-order valence-corrected chi connectivity index (χ2v) is 8.36. The number of nitrogens with zero attached hydrogens (tertiary/aromatic N) is 2. The number of morpholine rings is 1. The van der Waals surface area contributed by atoms with Crippen LogP contribution in [0.1, 0.15) is 20.7 Å². The Bertz CT molecular complexity index is 984. The van der Waals surface area contributed by atoms with Crippen LogP contribution in [0.2, 0.25) is 0 Å². The minimum atomic E-state index is -3.86. The second-order valence-electron chi connectivity index (χ2n) is 6.39. The maximum absolute atomic E-state index is 12.9. The smallest absolute Gasteiger partial charge is 0.274 e. The van der Waals surface area contributed by atoms with Crippen molar-refractivity contribution < 1.29 is 28.0 Å². The Labute approximate surface area is 168 Å². The lowest BCUT2D eigenvalue weighted by atomic mass is 10.2.